The summed E-state index contributed by atoms with van der Waals surface area (Å²) in [5, 5.41) is 0. The third-order valence-corrected chi connectivity index (χ3v) is 1.46. The van der Waals surface area contributed by atoms with E-state index in [1.807, 2.05) is 0 Å². The van der Waals surface area contributed by atoms with Crippen molar-refractivity contribution < 1.29 is 73.1 Å². The molecule has 0 N–H and O–H groups in total. The van der Waals surface area contributed by atoms with Crippen molar-refractivity contribution in [2.24, 2.45) is 0 Å². The van der Waals surface area contributed by atoms with Gasteiger partial charge >= 0.3 is 58.4 Å². The van der Waals surface area contributed by atoms with Gasteiger partial charge in [-0.1, -0.05) is 6.08 Å². The molecule has 1 aromatic rings. The van der Waals surface area contributed by atoms with Gasteiger partial charge in [0.05, 0.1) is 0 Å². The van der Waals surface area contributed by atoms with Crippen LogP contribution < -0.4 is 51.4 Å². The van der Waals surface area contributed by atoms with Crippen LogP contribution in [0.1, 0.15) is 5.56 Å². The van der Waals surface area contributed by atoms with Crippen LogP contribution in [0.2, 0.25) is 0 Å². The molecule has 0 unspecified atom stereocenters. The van der Waals surface area contributed by atoms with E-state index < -0.39 is 18.6 Å². The Morgan fingerprint density at radius 2 is 1.67 bits per heavy atom. The predicted molar refractivity (Wildman–Crippen MR) is 44.5 cm³/mol. The van der Waals surface area contributed by atoms with Crippen molar-refractivity contribution in [1.82, 2.24) is 0 Å². The molecule has 0 bridgehead atoms. The molecule has 0 aromatic heterocycles. The van der Waals surface area contributed by atoms with E-state index in [0.29, 0.717) is 12.1 Å². The van der Waals surface area contributed by atoms with Crippen LogP contribution in [0.4, 0.5) is 21.7 Å². The number of halogens is 5. The van der Waals surface area contributed by atoms with E-state index in [4.69, 9.17) is 0 Å². The number of hydrogen-bond acceptors (Lipinski definition) is 0. The van der Waals surface area contributed by atoms with Crippen LogP contribution in [0.3, 0.4) is 0 Å². The molecular weight excluding hydrogens is 241 g/mol. The first-order chi connectivity index (χ1) is 6.38. The zero-order chi connectivity index (χ0) is 10.8. The Morgan fingerprint density at radius 1 is 1.07 bits per heavy atom. The summed E-state index contributed by atoms with van der Waals surface area (Å²) in [4.78, 5) is 0. The maximum atomic E-state index is 12.8. The predicted octanol–water partition coefficient (Wildman–Crippen LogP) is 0.369. The minimum absolute atomic E-state index is 0. The molecule has 0 saturated heterocycles. The van der Waals surface area contributed by atoms with E-state index >= 15 is 0 Å². The van der Waals surface area contributed by atoms with Gasteiger partial charge in [-0.05, 0) is 12.1 Å². The molecule has 0 atom stereocenters. The van der Waals surface area contributed by atoms with E-state index in [2.05, 4.69) is 0 Å². The maximum absolute atomic E-state index is 12.8. The molecule has 0 amide bonds. The minimum atomic E-state index is -5.09. The van der Waals surface area contributed by atoms with Crippen LogP contribution in [-0.4, -0.2) is 6.98 Å². The molecule has 76 valence electrons. The van der Waals surface area contributed by atoms with Crippen LogP contribution in [0, 0.1) is 11.6 Å². The fourth-order valence-electron chi connectivity index (χ4n) is 0.849. The van der Waals surface area contributed by atoms with Crippen LogP contribution >= 0.6 is 0 Å². The van der Waals surface area contributed by atoms with E-state index in [1.165, 1.54) is 0 Å². The maximum Gasteiger partial charge on any atom is 1.00 e. The van der Waals surface area contributed by atoms with Crippen LogP contribution in [0.5, 0.6) is 0 Å². The normalized spacial score (nSPS) is 11.5. The van der Waals surface area contributed by atoms with Crippen molar-refractivity contribution in [3.63, 3.8) is 0 Å². The monoisotopic (exact) mass is 246 g/mol. The first kappa shape index (κ1) is 15.3. The molecule has 0 aliphatic heterocycles. The summed E-state index contributed by atoms with van der Waals surface area (Å²) in [6, 6.07) is 2.37. The second-order valence-corrected chi connectivity index (χ2v) is 2.65. The average Bonchev–Trinajstić information content (AvgIpc) is 2.00. The molecule has 0 radical (unpaired) electrons. The van der Waals surface area contributed by atoms with Gasteiger partial charge in [0.2, 0.25) is 0 Å². The Hall–Kier alpha value is 0.311. The summed E-state index contributed by atoms with van der Waals surface area (Å²) >= 11 is 0. The number of hydrogen-bond donors (Lipinski definition) is 0. The third kappa shape index (κ3) is 5.82. The first-order valence-electron chi connectivity index (χ1n) is 3.73. The Labute approximate surface area is 126 Å². The van der Waals surface area contributed by atoms with Gasteiger partial charge in [0.15, 0.2) is 0 Å². The Balaban J connectivity index is 0.00000196. The second-order valence-electron chi connectivity index (χ2n) is 2.65. The molecule has 0 heterocycles. The average molecular weight is 246 g/mol. The summed E-state index contributed by atoms with van der Waals surface area (Å²) in [6.07, 6.45) is 0.578. The Morgan fingerprint density at radius 3 is 2.13 bits per heavy atom. The van der Waals surface area contributed by atoms with Gasteiger partial charge in [-0.15, -0.1) is 5.98 Å². The van der Waals surface area contributed by atoms with Crippen molar-refractivity contribution in [1.29, 1.82) is 0 Å². The molecule has 1 rings (SSSR count). The molecule has 0 aliphatic carbocycles. The zero-order valence-electron chi connectivity index (χ0n) is 7.85. The fraction of sp³-hybridized carbons (Fsp3) is 0. The first-order valence-corrected chi connectivity index (χ1v) is 3.73. The smallest absolute Gasteiger partial charge is 0.445 e. The standard InChI is InChI=1S/C8H5BF5.K/c10-7-2-1-6(8(11)5-7)3-4-9(12,13)14;/h1-5H;/q-1;+1/b4-3+;. The SMILES string of the molecule is Fc1ccc(/C=C/[B-](F)(F)F)c(F)c1.[K+]. The Kier molecular flexibility index (Phi) is 6.27. The van der Waals surface area contributed by atoms with Crippen molar-refractivity contribution in [3.8, 4) is 0 Å². The van der Waals surface area contributed by atoms with Gasteiger partial charge in [-0.2, -0.15) is 0 Å². The van der Waals surface area contributed by atoms with E-state index in [1.54, 1.807) is 0 Å². The second kappa shape index (κ2) is 6.15. The molecule has 15 heavy (non-hydrogen) atoms. The van der Waals surface area contributed by atoms with Crippen molar-refractivity contribution in [3.05, 3.63) is 41.4 Å². The van der Waals surface area contributed by atoms with Gasteiger partial charge in [-0.3, -0.25) is 0 Å². The van der Waals surface area contributed by atoms with Crippen LogP contribution in [0.15, 0.2) is 24.2 Å². The van der Waals surface area contributed by atoms with Gasteiger partial charge in [0.1, 0.15) is 11.6 Å². The fourth-order valence-corrected chi connectivity index (χ4v) is 0.849. The van der Waals surface area contributed by atoms with Crippen LogP contribution in [-0.2, 0) is 0 Å². The van der Waals surface area contributed by atoms with Crippen molar-refractivity contribution in [2.45, 2.75) is 0 Å². The van der Waals surface area contributed by atoms with E-state index in [9.17, 15) is 21.7 Å². The number of rotatable bonds is 2. The van der Waals surface area contributed by atoms with Gasteiger partial charge in [-0.25, -0.2) is 8.78 Å². The van der Waals surface area contributed by atoms with Crippen molar-refractivity contribution in [2.75, 3.05) is 0 Å². The Bertz CT molecular complexity index is 361. The van der Waals surface area contributed by atoms with Crippen LogP contribution in [0.25, 0.3) is 6.08 Å². The molecule has 7 heteroatoms. The quantitative estimate of drug-likeness (QED) is 0.522. The minimum Gasteiger partial charge on any atom is -0.445 e. The summed E-state index contributed by atoms with van der Waals surface area (Å²) < 4.78 is 60.3. The van der Waals surface area contributed by atoms with Gasteiger partial charge in [0, 0.05) is 11.6 Å². The van der Waals surface area contributed by atoms with Crippen molar-refractivity contribution >= 4 is 13.1 Å². The molecule has 0 spiro atoms. The van der Waals surface area contributed by atoms with Gasteiger partial charge < -0.3 is 12.9 Å². The van der Waals surface area contributed by atoms with E-state index in [-0.39, 0.29) is 62.9 Å². The summed E-state index contributed by atoms with van der Waals surface area (Å²) in [7, 11) is 0. The molecule has 0 saturated carbocycles. The molecular formula is C8H5BF5K. The number of benzene rings is 1. The summed E-state index contributed by atoms with van der Waals surface area (Å²) in [5.74, 6) is -1.88. The van der Waals surface area contributed by atoms with Gasteiger partial charge in [0.25, 0.3) is 0 Å². The summed E-state index contributed by atoms with van der Waals surface area (Å²) in [5.41, 5.74) is -0.286. The molecule has 0 aliphatic rings. The summed E-state index contributed by atoms with van der Waals surface area (Å²) in [6.45, 7) is -5.09. The largest absolute Gasteiger partial charge is 1.00 e. The zero-order valence-corrected chi connectivity index (χ0v) is 11.0. The molecule has 1 aromatic carbocycles. The molecule has 0 nitrogen and oxygen atoms in total. The third-order valence-electron chi connectivity index (χ3n) is 1.46. The molecule has 0 fully saturated rings. The topological polar surface area (TPSA) is 0 Å². The van der Waals surface area contributed by atoms with E-state index in [0.717, 1.165) is 12.1 Å².